The number of hydrogen-bond acceptors (Lipinski definition) is 12. The Balaban J connectivity index is 6.12. The fourth-order valence-corrected chi connectivity index (χ4v) is 1.98. The van der Waals surface area contributed by atoms with E-state index in [-0.39, 0.29) is 37.2 Å². The van der Waals surface area contributed by atoms with Crippen molar-refractivity contribution in [3.8, 4) is 0 Å². The summed E-state index contributed by atoms with van der Waals surface area (Å²) in [6.07, 6.45) is -0.673. The Morgan fingerprint density at radius 3 is 1.43 bits per heavy atom. The van der Waals surface area contributed by atoms with Crippen LogP contribution in [0.2, 0.25) is 0 Å². The molecule has 12 nitrogen and oxygen atoms in total. The van der Waals surface area contributed by atoms with Gasteiger partial charge in [-0.1, -0.05) is 0 Å². The molecule has 0 rings (SSSR count). The number of methoxy groups -OCH3 is 2. The Morgan fingerprint density at radius 2 is 1.04 bits per heavy atom. The average molecular weight is 404 g/mol. The Morgan fingerprint density at radius 1 is 0.643 bits per heavy atom. The van der Waals surface area contributed by atoms with Crippen LogP contribution in [0.15, 0.2) is 22.7 Å². The van der Waals surface area contributed by atoms with Gasteiger partial charge in [0.2, 0.25) is 11.5 Å². The van der Waals surface area contributed by atoms with Gasteiger partial charge >= 0.3 is 23.9 Å². The maximum absolute atomic E-state index is 12.2. The molecule has 0 atom stereocenters. The molecule has 0 aromatic rings. The Hall–Kier alpha value is -3.12. The highest BCUT2D eigenvalue weighted by Crippen LogP contribution is 2.22. The van der Waals surface area contributed by atoms with Crippen LogP contribution >= 0.6 is 0 Å². The summed E-state index contributed by atoms with van der Waals surface area (Å²) in [5.74, 6) is 4.92. The van der Waals surface area contributed by atoms with E-state index in [1.807, 2.05) is 0 Å². The predicted molar refractivity (Wildman–Crippen MR) is 91.1 cm³/mol. The fourth-order valence-electron chi connectivity index (χ4n) is 1.98. The van der Waals surface area contributed by atoms with E-state index < -0.39 is 35.4 Å². The van der Waals surface area contributed by atoms with Crippen LogP contribution in [0, 0.1) is 0 Å². The summed E-state index contributed by atoms with van der Waals surface area (Å²) in [5, 5.41) is 0. The highest BCUT2D eigenvalue weighted by atomic mass is 16.6. The molecule has 0 spiro atoms. The molecule has 0 aromatic carbocycles. The molecule has 0 aliphatic carbocycles. The molecular formula is C16H24N2O10. The molecule has 0 saturated heterocycles. The van der Waals surface area contributed by atoms with E-state index in [0.29, 0.717) is 0 Å². The topological polar surface area (TPSA) is 176 Å². The number of hydrogen-bond donors (Lipinski definition) is 2. The largest absolute Gasteiger partial charge is 0.466 e. The SMILES string of the molecule is CCOC(=O)/C(CC/C(C(=O)OC)=C(\ON)C(=O)OC)=C(/ON)C(=O)OCC. The van der Waals surface area contributed by atoms with Gasteiger partial charge in [-0.05, 0) is 26.7 Å². The summed E-state index contributed by atoms with van der Waals surface area (Å²) in [7, 11) is 2.10. The molecule has 0 saturated carbocycles. The van der Waals surface area contributed by atoms with Crippen molar-refractivity contribution in [1.29, 1.82) is 0 Å². The van der Waals surface area contributed by atoms with Gasteiger partial charge in [-0.3, -0.25) is 0 Å². The van der Waals surface area contributed by atoms with Gasteiger partial charge in [0.25, 0.3) is 0 Å². The maximum Gasteiger partial charge on any atom is 0.376 e. The fraction of sp³-hybridized carbons (Fsp3) is 0.500. The minimum Gasteiger partial charge on any atom is -0.466 e. The highest BCUT2D eigenvalue weighted by molar-refractivity contribution is 6.00. The maximum atomic E-state index is 12.2. The van der Waals surface area contributed by atoms with E-state index in [1.54, 1.807) is 6.92 Å². The molecule has 28 heavy (non-hydrogen) atoms. The summed E-state index contributed by atoms with van der Waals surface area (Å²) in [6.45, 7) is 3.06. The second kappa shape index (κ2) is 13.1. The number of rotatable bonds is 11. The van der Waals surface area contributed by atoms with Crippen molar-refractivity contribution >= 4 is 23.9 Å². The van der Waals surface area contributed by atoms with Gasteiger partial charge in [-0.15, -0.1) is 0 Å². The van der Waals surface area contributed by atoms with E-state index in [2.05, 4.69) is 19.1 Å². The lowest BCUT2D eigenvalue weighted by Gasteiger charge is -2.14. The lowest BCUT2D eigenvalue weighted by Crippen LogP contribution is -2.22. The first-order valence-electron chi connectivity index (χ1n) is 8.03. The Kier molecular flexibility index (Phi) is 11.6. The van der Waals surface area contributed by atoms with Crippen LogP contribution in [0.5, 0.6) is 0 Å². The van der Waals surface area contributed by atoms with Crippen LogP contribution in [0.3, 0.4) is 0 Å². The minimum absolute atomic E-state index is 0.0113. The van der Waals surface area contributed by atoms with Crippen LogP contribution in [0.1, 0.15) is 26.7 Å². The van der Waals surface area contributed by atoms with Crippen molar-refractivity contribution in [3.63, 3.8) is 0 Å². The first-order valence-corrected chi connectivity index (χ1v) is 8.03. The number of carbonyl (C=O) groups is 4. The molecule has 0 radical (unpaired) electrons. The molecule has 158 valence electrons. The van der Waals surface area contributed by atoms with E-state index in [1.165, 1.54) is 6.92 Å². The zero-order chi connectivity index (χ0) is 21.7. The second-order valence-corrected chi connectivity index (χ2v) is 4.78. The van der Waals surface area contributed by atoms with E-state index >= 15 is 0 Å². The zero-order valence-corrected chi connectivity index (χ0v) is 16.1. The van der Waals surface area contributed by atoms with Crippen molar-refractivity contribution in [2.75, 3.05) is 27.4 Å². The van der Waals surface area contributed by atoms with E-state index in [0.717, 1.165) is 14.2 Å². The average Bonchev–Trinajstić information content (AvgIpc) is 2.69. The summed E-state index contributed by atoms with van der Waals surface area (Å²) in [4.78, 5) is 56.9. The van der Waals surface area contributed by atoms with Crippen molar-refractivity contribution in [3.05, 3.63) is 22.7 Å². The minimum atomic E-state index is -1.05. The molecule has 0 heterocycles. The van der Waals surface area contributed by atoms with Gasteiger partial charge in [-0.25, -0.2) is 19.2 Å². The Bertz CT molecular complexity index is 654. The molecule has 0 bridgehead atoms. The van der Waals surface area contributed by atoms with Gasteiger partial charge in [0.1, 0.15) is 0 Å². The molecule has 0 amide bonds. The third kappa shape index (κ3) is 6.89. The van der Waals surface area contributed by atoms with Crippen LogP contribution in [-0.2, 0) is 47.8 Å². The molecule has 0 aliphatic heterocycles. The summed E-state index contributed by atoms with van der Waals surface area (Å²) in [5.41, 5.74) is -0.677. The molecule has 4 N–H and O–H groups in total. The number of esters is 4. The standard InChI is InChI=1S/C16H24N2O10/c1-5-25-14(20)10(12(28-18)16(22)26-6-2)8-7-9(13(19)23-3)11(27-17)15(21)24-4/h5-8,17-18H2,1-4H3/b11-9+,12-10+. The molecule has 0 aromatic heterocycles. The number of ether oxygens (including phenoxy) is 4. The van der Waals surface area contributed by atoms with Crippen LogP contribution in [0.4, 0.5) is 0 Å². The normalized spacial score (nSPS) is 12.1. The molecule has 0 aliphatic rings. The van der Waals surface area contributed by atoms with Crippen molar-refractivity contribution in [2.24, 2.45) is 11.8 Å². The van der Waals surface area contributed by atoms with Crippen LogP contribution in [0.25, 0.3) is 0 Å². The third-order valence-electron chi connectivity index (χ3n) is 3.19. The van der Waals surface area contributed by atoms with E-state index in [9.17, 15) is 19.2 Å². The zero-order valence-electron chi connectivity index (χ0n) is 16.1. The van der Waals surface area contributed by atoms with Gasteiger partial charge in [0, 0.05) is 0 Å². The van der Waals surface area contributed by atoms with Crippen molar-refractivity contribution < 1.29 is 47.8 Å². The van der Waals surface area contributed by atoms with E-state index in [4.69, 9.17) is 21.3 Å². The summed E-state index contributed by atoms with van der Waals surface area (Å²) in [6, 6.07) is 0. The Labute approximate surface area is 161 Å². The molecule has 0 unspecified atom stereocenters. The van der Waals surface area contributed by atoms with Gasteiger partial charge < -0.3 is 28.6 Å². The van der Waals surface area contributed by atoms with Gasteiger partial charge in [-0.2, -0.15) is 11.8 Å². The van der Waals surface area contributed by atoms with Crippen LogP contribution < -0.4 is 11.8 Å². The van der Waals surface area contributed by atoms with Gasteiger partial charge in [0.15, 0.2) is 0 Å². The highest BCUT2D eigenvalue weighted by Gasteiger charge is 2.29. The predicted octanol–water partition coefficient (Wildman–Crippen LogP) is -0.472. The molecular weight excluding hydrogens is 380 g/mol. The summed E-state index contributed by atoms with van der Waals surface area (Å²) >= 11 is 0. The number of nitrogens with two attached hydrogens (primary N) is 2. The smallest absolute Gasteiger partial charge is 0.376 e. The first kappa shape index (κ1) is 24.9. The molecule has 0 fully saturated rings. The number of carbonyl (C=O) groups excluding carboxylic acids is 4. The van der Waals surface area contributed by atoms with Gasteiger partial charge in [0.05, 0.1) is 38.6 Å². The third-order valence-corrected chi connectivity index (χ3v) is 3.19. The van der Waals surface area contributed by atoms with Crippen molar-refractivity contribution in [1.82, 2.24) is 0 Å². The first-order chi connectivity index (χ1) is 13.3. The lowest BCUT2D eigenvalue weighted by atomic mass is 10.0. The monoisotopic (exact) mass is 404 g/mol. The quantitative estimate of drug-likeness (QED) is 0.149. The molecule has 12 heteroatoms. The van der Waals surface area contributed by atoms with Crippen molar-refractivity contribution in [2.45, 2.75) is 26.7 Å². The van der Waals surface area contributed by atoms with Crippen LogP contribution in [-0.4, -0.2) is 51.3 Å². The summed E-state index contributed by atoms with van der Waals surface area (Å²) < 4.78 is 18.7. The lowest BCUT2D eigenvalue weighted by molar-refractivity contribution is -0.145. The second-order valence-electron chi connectivity index (χ2n) is 4.78.